The molecule has 0 radical (unpaired) electrons. The van der Waals surface area contributed by atoms with E-state index in [0.29, 0.717) is 11.8 Å². The van der Waals surface area contributed by atoms with Crippen molar-refractivity contribution < 1.29 is 5.11 Å². The van der Waals surface area contributed by atoms with Gasteiger partial charge in [-0.05, 0) is 61.6 Å². The predicted octanol–water partition coefficient (Wildman–Crippen LogP) is 3.92. The predicted molar refractivity (Wildman–Crippen MR) is 80.4 cm³/mol. The largest absolute Gasteiger partial charge is 0.507 e. The van der Waals surface area contributed by atoms with Crippen molar-refractivity contribution in [1.82, 2.24) is 5.32 Å². The van der Waals surface area contributed by atoms with Gasteiger partial charge >= 0.3 is 0 Å². The second-order valence-corrected chi connectivity index (χ2v) is 6.42. The summed E-state index contributed by atoms with van der Waals surface area (Å²) >= 11 is 0. The zero-order valence-electron chi connectivity index (χ0n) is 12.7. The molecule has 3 atom stereocenters. The summed E-state index contributed by atoms with van der Waals surface area (Å²) in [5, 5.41) is 13.5. The van der Waals surface area contributed by atoms with E-state index >= 15 is 0 Å². The van der Waals surface area contributed by atoms with E-state index < -0.39 is 0 Å². The Balaban J connectivity index is 1.92. The first-order chi connectivity index (χ1) is 8.97. The molecule has 3 unspecified atom stereocenters. The van der Waals surface area contributed by atoms with Crippen molar-refractivity contribution in [3.05, 3.63) is 28.8 Å². The highest BCUT2D eigenvalue weighted by atomic mass is 16.3. The fourth-order valence-electron chi connectivity index (χ4n) is 3.14. The van der Waals surface area contributed by atoms with Crippen LogP contribution >= 0.6 is 0 Å². The van der Waals surface area contributed by atoms with Crippen molar-refractivity contribution in [2.24, 2.45) is 11.8 Å². The molecule has 2 nitrogen and oxygen atoms in total. The third kappa shape index (κ3) is 3.50. The minimum atomic E-state index is 0.434. The number of nitrogens with one attached hydrogen (secondary N) is 1. The van der Waals surface area contributed by atoms with Gasteiger partial charge in [0.15, 0.2) is 0 Å². The lowest BCUT2D eigenvalue weighted by atomic mass is 9.79. The van der Waals surface area contributed by atoms with Gasteiger partial charge in [0.2, 0.25) is 0 Å². The van der Waals surface area contributed by atoms with E-state index in [2.05, 4.69) is 31.3 Å². The van der Waals surface area contributed by atoms with E-state index in [1.807, 2.05) is 13.8 Å². The Kier molecular flexibility index (Phi) is 4.51. The summed E-state index contributed by atoms with van der Waals surface area (Å²) in [5.41, 5.74) is 3.23. The molecule has 2 N–H and O–H groups in total. The average molecular weight is 261 g/mol. The number of rotatable bonds is 3. The molecule has 0 heterocycles. The standard InChI is InChI=1S/C17H27NO/c1-11-5-6-16(9-12(11)2)18-10-15-7-13(3)17(19)14(4)8-15/h7-8,11-12,16,18-19H,5-6,9-10H2,1-4H3. The average Bonchev–Trinajstić information content (AvgIpc) is 2.37. The Morgan fingerprint density at radius 2 is 1.74 bits per heavy atom. The van der Waals surface area contributed by atoms with Crippen LogP contribution < -0.4 is 5.32 Å². The molecule has 1 aromatic carbocycles. The second-order valence-electron chi connectivity index (χ2n) is 6.42. The zero-order chi connectivity index (χ0) is 14.0. The summed E-state index contributed by atoms with van der Waals surface area (Å²) < 4.78 is 0. The zero-order valence-corrected chi connectivity index (χ0v) is 12.7. The highest BCUT2D eigenvalue weighted by Gasteiger charge is 2.23. The maximum atomic E-state index is 9.79. The van der Waals surface area contributed by atoms with Gasteiger partial charge in [0.05, 0.1) is 0 Å². The minimum absolute atomic E-state index is 0.434. The van der Waals surface area contributed by atoms with Gasteiger partial charge in [0, 0.05) is 12.6 Å². The maximum Gasteiger partial charge on any atom is 0.121 e. The van der Waals surface area contributed by atoms with Crippen LogP contribution in [-0.4, -0.2) is 11.1 Å². The highest BCUT2D eigenvalue weighted by molar-refractivity contribution is 5.42. The first-order valence-electron chi connectivity index (χ1n) is 7.50. The van der Waals surface area contributed by atoms with Crippen LogP contribution in [0.25, 0.3) is 0 Å². The van der Waals surface area contributed by atoms with Gasteiger partial charge < -0.3 is 10.4 Å². The Morgan fingerprint density at radius 1 is 1.11 bits per heavy atom. The molecule has 2 rings (SSSR count). The number of hydrogen-bond donors (Lipinski definition) is 2. The number of phenols is 1. The molecule has 2 heteroatoms. The van der Waals surface area contributed by atoms with Crippen LogP contribution in [0, 0.1) is 25.7 Å². The first kappa shape index (κ1) is 14.4. The van der Waals surface area contributed by atoms with Crippen LogP contribution in [0.2, 0.25) is 0 Å². The van der Waals surface area contributed by atoms with Gasteiger partial charge in [0.1, 0.15) is 5.75 Å². The van der Waals surface area contributed by atoms with Crippen molar-refractivity contribution in [2.45, 2.75) is 59.5 Å². The molecule has 0 amide bonds. The fourth-order valence-corrected chi connectivity index (χ4v) is 3.14. The minimum Gasteiger partial charge on any atom is -0.507 e. The lowest BCUT2D eigenvalue weighted by Gasteiger charge is -2.32. The number of phenolic OH excluding ortho intramolecular Hbond substituents is 1. The molecule has 1 saturated carbocycles. The molecule has 1 aliphatic rings. The van der Waals surface area contributed by atoms with Gasteiger partial charge in [-0.15, -0.1) is 0 Å². The van der Waals surface area contributed by atoms with E-state index in [1.54, 1.807) is 0 Å². The van der Waals surface area contributed by atoms with E-state index in [-0.39, 0.29) is 0 Å². The van der Waals surface area contributed by atoms with E-state index in [4.69, 9.17) is 0 Å². The van der Waals surface area contributed by atoms with E-state index in [0.717, 1.165) is 29.5 Å². The molecule has 1 fully saturated rings. The summed E-state index contributed by atoms with van der Waals surface area (Å²) in [7, 11) is 0. The lowest BCUT2D eigenvalue weighted by molar-refractivity contribution is 0.225. The first-order valence-corrected chi connectivity index (χ1v) is 7.50. The molecule has 1 aromatic rings. The second kappa shape index (κ2) is 5.96. The van der Waals surface area contributed by atoms with Crippen LogP contribution in [-0.2, 0) is 6.54 Å². The monoisotopic (exact) mass is 261 g/mol. The molecule has 0 aliphatic heterocycles. The van der Waals surface area contributed by atoms with Gasteiger partial charge in [0.25, 0.3) is 0 Å². The number of aromatic hydroxyl groups is 1. The summed E-state index contributed by atoms with van der Waals surface area (Å²) in [6.45, 7) is 9.58. The molecule has 106 valence electrons. The lowest BCUT2D eigenvalue weighted by Crippen LogP contribution is -2.35. The normalized spacial score (nSPS) is 27.5. The molecule has 0 saturated heterocycles. The van der Waals surface area contributed by atoms with E-state index in [1.165, 1.54) is 24.8 Å². The van der Waals surface area contributed by atoms with Crippen LogP contribution in [0.4, 0.5) is 0 Å². The maximum absolute atomic E-state index is 9.79. The number of benzene rings is 1. The smallest absolute Gasteiger partial charge is 0.121 e. The number of aryl methyl sites for hydroxylation is 2. The molecular formula is C17H27NO. The van der Waals surface area contributed by atoms with Crippen LogP contribution in [0.5, 0.6) is 5.75 Å². The Hall–Kier alpha value is -1.02. The number of hydrogen-bond acceptors (Lipinski definition) is 2. The molecule has 0 bridgehead atoms. The molecule has 1 aliphatic carbocycles. The quantitative estimate of drug-likeness (QED) is 0.864. The van der Waals surface area contributed by atoms with Crippen molar-refractivity contribution in [2.75, 3.05) is 0 Å². The third-order valence-corrected chi connectivity index (χ3v) is 4.74. The Labute approximate surface area is 117 Å². The summed E-state index contributed by atoms with van der Waals surface area (Å²) in [6.07, 6.45) is 3.92. The van der Waals surface area contributed by atoms with Gasteiger partial charge in [-0.1, -0.05) is 26.0 Å². The molecule has 0 aromatic heterocycles. The summed E-state index contributed by atoms with van der Waals surface area (Å²) in [5.74, 6) is 2.13. The van der Waals surface area contributed by atoms with Crippen molar-refractivity contribution in [1.29, 1.82) is 0 Å². The Morgan fingerprint density at radius 3 is 2.32 bits per heavy atom. The Bertz CT molecular complexity index is 418. The van der Waals surface area contributed by atoms with Crippen LogP contribution in [0.1, 0.15) is 49.8 Å². The van der Waals surface area contributed by atoms with Crippen molar-refractivity contribution >= 4 is 0 Å². The van der Waals surface area contributed by atoms with Gasteiger partial charge in [-0.25, -0.2) is 0 Å². The molecule has 0 spiro atoms. The van der Waals surface area contributed by atoms with Crippen molar-refractivity contribution in [3.8, 4) is 5.75 Å². The van der Waals surface area contributed by atoms with Gasteiger partial charge in [-0.3, -0.25) is 0 Å². The highest BCUT2D eigenvalue weighted by Crippen LogP contribution is 2.29. The summed E-state index contributed by atoms with van der Waals surface area (Å²) in [6, 6.07) is 4.83. The SMILES string of the molecule is Cc1cc(CNC2CCC(C)C(C)C2)cc(C)c1O. The molecule has 19 heavy (non-hydrogen) atoms. The fraction of sp³-hybridized carbons (Fsp3) is 0.647. The summed E-state index contributed by atoms with van der Waals surface area (Å²) in [4.78, 5) is 0. The van der Waals surface area contributed by atoms with Crippen LogP contribution in [0.3, 0.4) is 0 Å². The molecular weight excluding hydrogens is 234 g/mol. The van der Waals surface area contributed by atoms with Crippen LogP contribution in [0.15, 0.2) is 12.1 Å². The van der Waals surface area contributed by atoms with Crippen molar-refractivity contribution in [3.63, 3.8) is 0 Å². The van der Waals surface area contributed by atoms with Gasteiger partial charge in [-0.2, -0.15) is 0 Å². The third-order valence-electron chi connectivity index (χ3n) is 4.74. The van der Waals surface area contributed by atoms with E-state index in [9.17, 15) is 5.11 Å². The topological polar surface area (TPSA) is 32.3 Å².